The molecule has 104 valence electrons. The number of halogens is 1. The highest BCUT2D eigenvalue weighted by Crippen LogP contribution is 2.25. The summed E-state index contributed by atoms with van der Waals surface area (Å²) in [5, 5.41) is 13.4. The normalized spacial score (nSPS) is 10.3. The highest BCUT2D eigenvalue weighted by atomic mass is 32.1. The fourth-order valence-electron chi connectivity index (χ4n) is 1.42. The van der Waals surface area contributed by atoms with E-state index in [9.17, 15) is 19.3 Å². The van der Waals surface area contributed by atoms with Crippen LogP contribution in [0.1, 0.15) is 16.2 Å². The van der Waals surface area contributed by atoms with Crippen LogP contribution in [0.3, 0.4) is 0 Å². The van der Waals surface area contributed by atoms with E-state index in [-0.39, 0.29) is 16.4 Å². The van der Waals surface area contributed by atoms with Gasteiger partial charge in [-0.3, -0.25) is 20.2 Å². The van der Waals surface area contributed by atoms with Crippen LogP contribution in [0, 0.1) is 22.9 Å². The number of nitrogens with one attached hydrogen (secondary N) is 1. The van der Waals surface area contributed by atoms with E-state index < -0.39 is 22.3 Å². The molecule has 1 aromatic carbocycles. The Morgan fingerprint density at radius 1 is 1.55 bits per heavy atom. The summed E-state index contributed by atoms with van der Waals surface area (Å²) in [6.45, 7) is 1.63. The van der Waals surface area contributed by atoms with Crippen LogP contribution in [0.25, 0.3) is 0 Å². The molecule has 0 fully saturated rings. The van der Waals surface area contributed by atoms with E-state index in [0.717, 1.165) is 17.6 Å². The van der Waals surface area contributed by atoms with Crippen molar-refractivity contribution in [2.24, 2.45) is 0 Å². The molecule has 0 atom stereocenters. The molecule has 2 aromatic rings. The Kier molecular flexibility index (Phi) is 3.57. The highest BCUT2D eigenvalue weighted by molar-refractivity contribution is 7.09. The summed E-state index contributed by atoms with van der Waals surface area (Å²) >= 11 is 0.926. The van der Waals surface area contributed by atoms with Gasteiger partial charge in [0.25, 0.3) is 11.6 Å². The van der Waals surface area contributed by atoms with Crippen molar-refractivity contribution in [3.63, 3.8) is 0 Å². The SMILES string of the molecule is Cc1nsc(NC(=O)c2cc(N)c(F)cc2[N+](=O)[O-])n1. The number of amides is 1. The molecule has 8 nitrogen and oxygen atoms in total. The Hall–Kier alpha value is -2.62. The Morgan fingerprint density at radius 3 is 2.80 bits per heavy atom. The molecule has 20 heavy (non-hydrogen) atoms. The van der Waals surface area contributed by atoms with E-state index in [2.05, 4.69) is 14.7 Å². The van der Waals surface area contributed by atoms with Crippen molar-refractivity contribution in [2.75, 3.05) is 11.1 Å². The van der Waals surface area contributed by atoms with Gasteiger partial charge in [-0.25, -0.2) is 9.37 Å². The van der Waals surface area contributed by atoms with Gasteiger partial charge in [-0.1, -0.05) is 0 Å². The van der Waals surface area contributed by atoms with Crippen LogP contribution >= 0.6 is 11.5 Å². The molecule has 0 radical (unpaired) electrons. The van der Waals surface area contributed by atoms with Gasteiger partial charge in [-0.05, 0) is 13.0 Å². The number of nitrogen functional groups attached to an aromatic ring is 1. The number of hydrogen-bond acceptors (Lipinski definition) is 7. The average Bonchev–Trinajstić information content (AvgIpc) is 2.77. The van der Waals surface area contributed by atoms with E-state index in [0.29, 0.717) is 11.9 Å². The summed E-state index contributed by atoms with van der Waals surface area (Å²) in [6, 6.07) is 1.52. The maximum absolute atomic E-state index is 13.2. The van der Waals surface area contributed by atoms with E-state index in [1.165, 1.54) is 0 Å². The van der Waals surface area contributed by atoms with Gasteiger partial charge in [0.1, 0.15) is 11.4 Å². The molecule has 0 unspecified atom stereocenters. The van der Waals surface area contributed by atoms with Crippen molar-refractivity contribution in [3.05, 3.63) is 39.5 Å². The molecule has 0 saturated carbocycles. The number of nitrogens with two attached hydrogens (primary N) is 1. The van der Waals surface area contributed by atoms with Crippen LogP contribution in [-0.4, -0.2) is 20.2 Å². The molecular formula is C10H8FN5O3S. The zero-order chi connectivity index (χ0) is 14.9. The summed E-state index contributed by atoms with van der Waals surface area (Å²) in [6.07, 6.45) is 0. The molecule has 0 bridgehead atoms. The van der Waals surface area contributed by atoms with Crippen molar-refractivity contribution in [3.8, 4) is 0 Å². The minimum atomic E-state index is -0.958. The lowest BCUT2D eigenvalue weighted by molar-refractivity contribution is -0.385. The van der Waals surface area contributed by atoms with Gasteiger partial charge in [-0.15, -0.1) is 0 Å². The number of aryl methyl sites for hydroxylation is 1. The van der Waals surface area contributed by atoms with Crippen LogP contribution in [0.5, 0.6) is 0 Å². The summed E-state index contributed by atoms with van der Waals surface area (Å²) in [4.78, 5) is 25.8. The lowest BCUT2D eigenvalue weighted by Crippen LogP contribution is -2.15. The smallest absolute Gasteiger partial charge is 0.285 e. The first-order chi connectivity index (χ1) is 9.38. The minimum Gasteiger partial charge on any atom is -0.396 e. The lowest BCUT2D eigenvalue weighted by Gasteiger charge is -2.04. The van der Waals surface area contributed by atoms with Crippen molar-refractivity contribution in [2.45, 2.75) is 6.92 Å². The minimum absolute atomic E-state index is 0.185. The van der Waals surface area contributed by atoms with E-state index in [4.69, 9.17) is 5.73 Å². The number of benzene rings is 1. The quantitative estimate of drug-likeness (QED) is 0.505. The van der Waals surface area contributed by atoms with Crippen molar-refractivity contribution in [1.82, 2.24) is 9.36 Å². The van der Waals surface area contributed by atoms with Crippen molar-refractivity contribution in [1.29, 1.82) is 0 Å². The maximum atomic E-state index is 13.2. The number of nitro benzene ring substituents is 1. The first-order valence-electron chi connectivity index (χ1n) is 5.23. The Balaban J connectivity index is 2.38. The topological polar surface area (TPSA) is 124 Å². The second-order valence-corrected chi connectivity index (χ2v) is 4.50. The Morgan fingerprint density at radius 2 is 2.25 bits per heavy atom. The fourth-order valence-corrected chi connectivity index (χ4v) is 2.00. The van der Waals surface area contributed by atoms with Crippen LogP contribution in [0.15, 0.2) is 12.1 Å². The summed E-state index contributed by atoms with van der Waals surface area (Å²) < 4.78 is 17.1. The Labute approximate surface area is 115 Å². The molecule has 3 N–H and O–H groups in total. The number of anilines is 2. The number of carbonyl (C=O) groups excluding carboxylic acids is 1. The summed E-state index contributed by atoms with van der Waals surface area (Å²) in [7, 11) is 0. The first-order valence-corrected chi connectivity index (χ1v) is 6.01. The predicted octanol–water partition coefficient (Wildman–Crippen LogP) is 1.73. The molecule has 0 aliphatic rings. The second kappa shape index (κ2) is 5.17. The molecule has 1 amide bonds. The molecule has 0 spiro atoms. The zero-order valence-corrected chi connectivity index (χ0v) is 10.9. The van der Waals surface area contributed by atoms with Gasteiger partial charge in [0.2, 0.25) is 5.13 Å². The van der Waals surface area contributed by atoms with Crippen LogP contribution in [0.4, 0.5) is 20.9 Å². The van der Waals surface area contributed by atoms with Crippen LogP contribution < -0.4 is 11.1 Å². The van der Waals surface area contributed by atoms with Crippen LogP contribution in [-0.2, 0) is 0 Å². The third-order valence-electron chi connectivity index (χ3n) is 2.30. The van der Waals surface area contributed by atoms with Gasteiger partial charge in [0.05, 0.1) is 16.7 Å². The molecule has 1 heterocycles. The lowest BCUT2D eigenvalue weighted by atomic mass is 10.1. The fraction of sp³-hybridized carbons (Fsp3) is 0.100. The number of carbonyl (C=O) groups is 1. The van der Waals surface area contributed by atoms with Gasteiger partial charge in [0.15, 0.2) is 5.82 Å². The summed E-state index contributed by atoms with van der Waals surface area (Å²) in [5.41, 5.74) is 3.95. The van der Waals surface area contributed by atoms with Gasteiger partial charge < -0.3 is 5.73 Å². The standard InChI is InChI=1S/C10H8FN5O3S/c1-4-13-10(20-15-4)14-9(17)5-2-7(12)6(11)3-8(5)16(18)19/h2-3H,12H2,1H3,(H,13,14,15,17). The molecule has 1 aromatic heterocycles. The van der Waals surface area contributed by atoms with Crippen molar-refractivity contribution >= 4 is 33.9 Å². The first kappa shape index (κ1) is 13.8. The Bertz CT molecular complexity index is 702. The molecule has 0 saturated heterocycles. The molecule has 0 aliphatic carbocycles. The van der Waals surface area contributed by atoms with Gasteiger partial charge >= 0.3 is 0 Å². The monoisotopic (exact) mass is 297 g/mol. The van der Waals surface area contributed by atoms with Crippen LogP contribution in [0.2, 0.25) is 0 Å². The van der Waals surface area contributed by atoms with Crippen molar-refractivity contribution < 1.29 is 14.1 Å². The van der Waals surface area contributed by atoms with Gasteiger partial charge in [-0.2, -0.15) is 4.37 Å². The summed E-state index contributed by atoms with van der Waals surface area (Å²) in [5.74, 6) is -1.31. The number of hydrogen-bond donors (Lipinski definition) is 2. The molecule has 0 aliphatic heterocycles. The molecular weight excluding hydrogens is 289 g/mol. The number of nitrogens with zero attached hydrogens (tertiary/aromatic N) is 3. The third kappa shape index (κ3) is 2.69. The highest BCUT2D eigenvalue weighted by Gasteiger charge is 2.23. The average molecular weight is 297 g/mol. The predicted molar refractivity (Wildman–Crippen MR) is 70.1 cm³/mol. The number of aromatic nitrogens is 2. The third-order valence-corrected chi connectivity index (χ3v) is 3.03. The number of rotatable bonds is 3. The number of nitro groups is 1. The molecule has 2 rings (SSSR count). The van der Waals surface area contributed by atoms with E-state index in [1.807, 2.05) is 0 Å². The largest absolute Gasteiger partial charge is 0.396 e. The van der Waals surface area contributed by atoms with Gasteiger partial charge in [0, 0.05) is 11.5 Å². The second-order valence-electron chi connectivity index (χ2n) is 3.75. The zero-order valence-electron chi connectivity index (χ0n) is 10.1. The van der Waals surface area contributed by atoms with E-state index in [1.54, 1.807) is 6.92 Å². The maximum Gasteiger partial charge on any atom is 0.285 e. The van der Waals surface area contributed by atoms with E-state index >= 15 is 0 Å². The molecule has 10 heteroatoms.